The second-order valence-electron chi connectivity index (χ2n) is 6.96. The number of carbonyl (C=O) groups is 1. The molecular weight excluding hydrogens is 460 g/mol. The molecule has 1 atom stereocenters. The summed E-state index contributed by atoms with van der Waals surface area (Å²) in [4.78, 5) is 20.4. The maximum absolute atomic E-state index is 12.7. The van der Waals surface area contributed by atoms with Crippen LogP contribution in [0.2, 0.25) is 5.02 Å². The fourth-order valence-corrected chi connectivity index (χ4v) is 4.65. The molecule has 3 aromatic rings. The van der Waals surface area contributed by atoms with Crippen LogP contribution >= 0.6 is 11.6 Å². The Morgan fingerprint density at radius 2 is 2.19 bits per heavy atom. The number of hydrogen-bond acceptors (Lipinski definition) is 9. The standard InChI is InChI=1S/C20H19ClN4O6S/c21-16-6-5-13(9-17(16)32(27,28)23-11-15-4-2-8-29-15)20(26)30-12-18-24-19(25-31-18)14-3-1-7-22-10-14/h1,3,5-7,9-10,15,23H,2,4,8,11-12H2. The fourth-order valence-electron chi connectivity index (χ4n) is 3.06. The molecule has 0 radical (unpaired) electrons. The highest BCUT2D eigenvalue weighted by Crippen LogP contribution is 2.24. The molecule has 12 heteroatoms. The van der Waals surface area contributed by atoms with E-state index in [2.05, 4.69) is 19.8 Å². The summed E-state index contributed by atoms with van der Waals surface area (Å²) in [5, 5.41) is 3.80. The normalized spacial score (nSPS) is 16.2. The van der Waals surface area contributed by atoms with Crippen molar-refractivity contribution in [2.45, 2.75) is 30.4 Å². The van der Waals surface area contributed by atoms with Gasteiger partial charge in [0, 0.05) is 31.1 Å². The molecular formula is C20H19ClN4O6S. The lowest BCUT2D eigenvalue weighted by Crippen LogP contribution is -2.32. The zero-order valence-corrected chi connectivity index (χ0v) is 18.3. The first kappa shape index (κ1) is 22.3. The summed E-state index contributed by atoms with van der Waals surface area (Å²) in [6.45, 7) is 0.454. The number of rotatable bonds is 8. The van der Waals surface area contributed by atoms with Crippen LogP contribution in [0.5, 0.6) is 0 Å². The van der Waals surface area contributed by atoms with Gasteiger partial charge >= 0.3 is 5.97 Å². The Balaban J connectivity index is 1.41. The van der Waals surface area contributed by atoms with Gasteiger partial charge in [0.2, 0.25) is 15.8 Å². The van der Waals surface area contributed by atoms with Crippen molar-refractivity contribution in [2.24, 2.45) is 0 Å². The predicted octanol–water partition coefficient (Wildman–Crippen LogP) is 2.60. The number of aromatic nitrogens is 3. The third kappa shape index (κ3) is 5.30. The number of nitrogens with one attached hydrogen (secondary N) is 1. The van der Waals surface area contributed by atoms with E-state index in [4.69, 9.17) is 25.6 Å². The van der Waals surface area contributed by atoms with Gasteiger partial charge in [-0.05, 0) is 43.2 Å². The van der Waals surface area contributed by atoms with Crippen LogP contribution in [-0.4, -0.2) is 48.8 Å². The molecule has 1 saturated heterocycles. The van der Waals surface area contributed by atoms with Gasteiger partial charge in [-0.2, -0.15) is 4.98 Å². The number of esters is 1. The second-order valence-corrected chi connectivity index (χ2v) is 9.10. The predicted molar refractivity (Wildman–Crippen MR) is 112 cm³/mol. The van der Waals surface area contributed by atoms with Gasteiger partial charge < -0.3 is 14.0 Å². The van der Waals surface area contributed by atoms with E-state index >= 15 is 0 Å². The number of halogens is 1. The third-order valence-corrected chi connectivity index (χ3v) is 6.60. The molecule has 1 aliphatic rings. The zero-order valence-electron chi connectivity index (χ0n) is 16.7. The van der Waals surface area contributed by atoms with E-state index in [1.807, 2.05) is 0 Å². The molecule has 10 nitrogen and oxygen atoms in total. The Morgan fingerprint density at radius 3 is 2.94 bits per heavy atom. The lowest BCUT2D eigenvalue weighted by Gasteiger charge is -2.13. The van der Waals surface area contributed by atoms with E-state index < -0.39 is 16.0 Å². The SMILES string of the molecule is O=C(OCc1nc(-c2cccnc2)no1)c1ccc(Cl)c(S(=O)(=O)NCC2CCCO2)c1. The summed E-state index contributed by atoms with van der Waals surface area (Å²) in [6.07, 6.45) is 4.68. The van der Waals surface area contributed by atoms with Crippen molar-refractivity contribution >= 4 is 27.6 Å². The van der Waals surface area contributed by atoms with E-state index in [0.717, 1.165) is 18.9 Å². The summed E-state index contributed by atoms with van der Waals surface area (Å²) < 4.78 is 43.5. The van der Waals surface area contributed by atoms with Crippen molar-refractivity contribution < 1.29 is 27.2 Å². The van der Waals surface area contributed by atoms with Crippen LogP contribution in [-0.2, 0) is 26.1 Å². The molecule has 3 heterocycles. The summed E-state index contributed by atoms with van der Waals surface area (Å²) >= 11 is 6.07. The quantitative estimate of drug-likeness (QED) is 0.485. The molecule has 1 N–H and O–H groups in total. The molecule has 4 rings (SSSR count). The van der Waals surface area contributed by atoms with E-state index in [1.165, 1.54) is 12.1 Å². The molecule has 0 aliphatic carbocycles. The van der Waals surface area contributed by atoms with Crippen molar-refractivity contribution in [3.63, 3.8) is 0 Å². The van der Waals surface area contributed by atoms with Gasteiger partial charge in [-0.1, -0.05) is 16.8 Å². The van der Waals surface area contributed by atoms with Crippen molar-refractivity contribution in [2.75, 3.05) is 13.2 Å². The molecule has 1 unspecified atom stereocenters. The summed E-state index contributed by atoms with van der Waals surface area (Å²) in [5.74, 6) is -0.378. The molecule has 1 fully saturated rings. The lowest BCUT2D eigenvalue weighted by atomic mass is 10.2. The van der Waals surface area contributed by atoms with Crippen LogP contribution in [0, 0.1) is 0 Å². The molecule has 1 aromatic carbocycles. The van der Waals surface area contributed by atoms with Crippen LogP contribution in [0.1, 0.15) is 29.1 Å². The topological polar surface area (TPSA) is 134 Å². The average molecular weight is 479 g/mol. The first-order valence-electron chi connectivity index (χ1n) is 9.73. The minimum Gasteiger partial charge on any atom is -0.452 e. The number of benzene rings is 1. The van der Waals surface area contributed by atoms with Gasteiger partial charge in [0.15, 0.2) is 6.61 Å². The molecule has 1 aliphatic heterocycles. The van der Waals surface area contributed by atoms with Gasteiger partial charge in [-0.25, -0.2) is 17.9 Å². The highest BCUT2D eigenvalue weighted by Gasteiger charge is 2.24. The number of carbonyl (C=O) groups excluding carboxylic acids is 1. The lowest BCUT2D eigenvalue weighted by molar-refractivity contribution is 0.0429. The first-order valence-corrected chi connectivity index (χ1v) is 11.6. The summed E-state index contributed by atoms with van der Waals surface area (Å²) in [5.41, 5.74) is 0.663. The zero-order chi connectivity index (χ0) is 22.6. The van der Waals surface area contributed by atoms with Crippen molar-refractivity contribution in [3.8, 4) is 11.4 Å². The Labute approximate surface area is 189 Å². The summed E-state index contributed by atoms with van der Waals surface area (Å²) in [7, 11) is -3.95. The van der Waals surface area contributed by atoms with Gasteiger partial charge in [0.1, 0.15) is 4.90 Å². The maximum atomic E-state index is 12.7. The molecule has 0 saturated carbocycles. The van der Waals surface area contributed by atoms with Crippen LogP contribution in [0.4, 0.5) is 0 Å². The smallest absolute Gasteiger partial charge is 0.338 e. The Morgan fingerprint density at radius 1 is 1.31 bits per heavy atom. The van der Waals surface area contributed by atoms with E-state index in [1.54, 1.807) is 24.5 Å². The first-order chi connectivity index (χ1) is 15.4. The number of nitrogens with zero attached hydrogens (tertiary/aromatic N) is 3. The van der Waals surface area contributed by atoms with Crippen LogP contribution in [0.15, 0.2) is 52.1 Å². The van der Waals surface area contributed by atoms with Gasteiger partial charge in [0.05, 0.1) is 16.7 Å². The van der Waals surface area contributed by atoms with E-state index in [0.29, 0.717) is 18.0 Å². The molecule has 0 amide bonds. The van der Waals surface area contributed by atoms with Crippen LogP contribution in [0.25, 0.3) is 11.4 Å². The molecule has 168 valence electrons. The Kier molecular flexibility index (Phi) is 6.80. The number of ether oxygens (including phenoxy) is 2. The number of pyridine rings is 1. The minimum atomic E-state index is -3.95. The van der Waals surface area contributed by atoms with E-state index in [9.17, 15) is 13.2 Å². The van der Waals surface area contributed by atoms with Crippen LogP contribution in [0.3, 0.4) is 0 Å². The highest BCUT2D eigenvalue weighted by molar-refractivity contribution is 7.89. The highest BCUT2D eigenvalue weighted by atomic mass is 35.5. The van der Waals surface area contributed by atoms with E-state index in [-0.39, 0.29) is 40.6 Å². The summed E-state index contributed by atoms with van der Waals surface area (Å²) in [6, 6.07) is 7.35. The van der Waals surface area contributed by atoms with Gasteiger partial charge in [-0.15, -0.1) is 0 Å². The third-order valence-electron chi connectivity index (χ3n) is 4.70. The Hall–Kier alpha value is -2.86. The van der Waals surface area contributed by atoms with Crippen LogP contribution < -0.4 is 4.72 Å². The molecule has 0 bridgehead atoms. The number of sulfonamides is 1. The molecule has 32 heavy (non-hydrogen) atoms. The van der Waals surface area contributed by atoms with Crippen molar-refractivity contribution in [1.82, 2.24) is 19.8 Å². The van der Waals surface area contributed by atoms with Gasteiger partial charge in [-0.3, -0.25) is 4.98 Å². The molecule has 2 aromatic heterocycles. The minimum absolute atomic E-state index is 0.0129. The second kappa shape index (κ2) is 9.74. The van der Waals surface area contributed by atoms with Crippen molar-refractivity contribution in [3.05, 3.63) is 59.2 Å². The number of hydrogen-bond donors (Lipinski definition) is 1. The van der Waals surface area contributed by atoms with Crippen molar-refractivity contribution in [1.29, 1.82) is 0 Å². The monoisotopic (exact) mass is 478 g/mol. The maximum Gasteiger partial charge on any atom is 0.338 e. The Bertz CT molecular complexity index is 1200. The average Bonchev–Trinajstić information content (AvgIpc) is 3.49. The van der Waals surface area contributed by atoms with Gasteiger partial charge in [0.25, 0.3) is 5.89 Å². The largest absolute Gasteiger partial charge is 0.452 e. The molecule has 0 spiro atoms. The fraction of sp³-hybridized carbons (Fsp3) is 0.300.